The van der Waals surface area contributed by atoms with Crippen molar-refractivity contribution in [2.45, 2.75) is 32.0 Å². The van der Waals surface area contributed by atoms with Crippen LogP contribution in [0.3, 0.4) is 0 Å². The minimum Gasteiger partial charge on any atom is -0.468 e. The predicted molar refractivity (Wildman–Crippen MR) is 95.2 cm³/mol. The van der Waals surface area contributed by atoms with Gasteiger partial charge in [0.2, 0.25) is 5.01 Å². The van der Waals surface area contributed by atoms with Gasteiger partial charge in [0.15, 0.2) is 0 Å². The summed E-state index contributed by atoms with van der Waals surface area (Å²) in [5.74, 6) is 0.220. The number of rotatable bonds is 7. The number of hydrogen-bond donors (Lipinski definition) is 1. The topological polar surface area (TPSA) is 71.3 Å². The van der Waals surface area contributed by atoms with Gasteiger partial charge in [0, 0.05) is 11.7 Å². The van der Waals surface area contributed by atoms with Crippen molar-refractivity contribution in [3.8, 4) is 0 Å². The molecule has 0 atom stereocenters. The summed E-state index contributed by atoms with van der Waals surface area (Å²) in [4.78, 5) is 14.6. The number of anilines is 1. The molecule has 0 spiro atoms. The molecule has 0 unspecified atom stereocenters. The minimum absolute atomic E-state index is 0.290. The highest BCUT2D eigenvalue weighted by Crippen LogP contribution is 2.30. The van der Waals surface area contributed by atoms with E-state index in [0.29, 0.717) is 24.8 Å². The Morgan fingerprint density at radius 3 is 2.73 bits per heavy atom. The highest BCUT2D eigenvalue weighted by molar-refractivity contribution is 7.13. The Balaban J connectivity index is 1.40. The second kappa shape index (κ2) is 7.35. The lowest BCUT2D eigenvalue weighted by Crippen LogP contribution is -2.24. The largest absolute Gasteiger partial charge is 0.468 e. The smallest absolute Gasteiger partial charge is 0.286 e. The molecule has 0 saturated heterocycles. The summed E-state index contributed by atoms with van der Waals surface area (Å²) in [5.41, 5.74) is 0.519. The number of nitrogens with zero attached hydrogens (tertiary/aromatic N) is 3. The van der Waals surface area contributed by atoms with E-state index in [1.807, 2.05) is 12.1 Å². The molecule has 134 valence electrons. The summed E-state index contributed by atoms with van der Waals surface area (Å²) in [6.07, 6.45) is 4.00. The van der Waals surface area contributed by atoms with Crippen molar-refractivity contribution < 1.29 is 13.6 Å². The molecule has 1 aliphatic carbocycles. The van der Waals surface area contributed by atoms with Crippen LogP contribution in [-0.2, 0) is 13.1 Å². The molecule has 1 N–H and O–H groups in total. The molecular formula is C18H17FN4O2S. The van der Waals surface area contributed by atoms with Gasteiger partial charge in [-0.2, -0.15) is 0 Å². The quantitative estimate of drug-likeness (QED) is 0.685. The van der Waals surface area contributed by atoms with Crippen LogP contribution in [0.5, 0.6) is 0 Å². The summed E-state index contributed by atoms with van der Waals surface area (Å²) in [5, 5.41) is 11.9. The zero-order chi connectivity index (χ0) is 17.9. The van der Waals surface area contributed by atoms with Crippen molar-refractivity contribution in [2.75, 3.05) is 5.32 Å². The van der Waals surface area contributed by atoms with Gasteiger partial charge >= 0.3 is 0 Å². The fraction of sp³-hybridized carbons (Fsp3) is 0.278. The average Bonchev–Trinajstić information content (AvgIpc) is 3.15. The Hall–Kier alpha value is -2.58. The molecule has 2 heterocycles. The number of hydrogen-bond acceptors (Lipinski definition) is 6. The van der Waals surface area contributed by atoms with Crippen LogP contribution in [0.1, 0.15) is 33.4 Å². The van der Waals surface area contributed by atoms with Crippen molar-refractivity contribution >= 4 is 22.9 Å². The van der Waals surface area contributed by atoms with E-state index in [0.717, 1.165) is 23.6 Å². The van der Waals surface area contributed by atoms with E-state index in [2.05, 4.69) is 20.4 Å². The Kier molecular flexibility index (Phi) is 4.77. The second-order valence-electron chi connectivity index (χ2n) is 6.18. The van der Waals surface area contributed by atoms with Gasteiger partial charge in [-0.1, -0.05) is 11.3 Å². The first kappa shape index (κ1) is 16.9. The highest BCUT2D eigenvalue weighted by Gasteiger charge is 2.30. The lowest BCUT2D eigenvalue weighted by atomic mass is 10.3. The maximum atomic E-state index is 12.9. The number of carbonyl (C=O) groups is 1. The number of aromatic nitrogens is 2. The van der Waals surface area contributed by atoms with Crippen LogP contribution in [0.2, 0.25) is 0 Å². The lowest BCUT2D eigenvalue weighted by molar-refractivity contribution is 0.102. The summed E-state index contributed by atoms with van der Waals surface area (Å²) in [6, 6.07) is 9.97. The maximum Gasteiger partial charge on any atom is 0.286 e. The van der Waals surface area contributed by atoms with Crippen LogP contribution < -0.4 is 5.32 Å². The lowest BCUT2D eigenvalue weighted by Gasteiger charge is -2.18. The molecule has 6 nitrogen and oxygen atoms in total. The molecular weight excluding hydrogens is 355 g/mol. The monoisotopic (exact) mass is 372 g/mol. The number of furan rings is 1. The van der Waals surface area contributed by atoms with Gasteiger partial charge in [0.1, 0.15) is 16.6 Å². The fourth-order valence-corrected chi connectivity index (χ4v) is 3.42. The van der Waals surface area contributed by atoms with Crippen molar-refractivity contribution in [3.63, 3.8) is 0 Å². The van der Waals surface area contributed by atoms with Crippen LogP contribution in [0, 0.1) is 5.82 Å². The van der Waals surface area contributed by atoms with Crippen LogP contribution in [-0.4, -0.2) is 27.0 Å². The molecule has 1 aromatic carbocycles. The van der Waals surface area contributed by atoms with Crippen molar-refractivity contribution in [1.29, 1.82) is 0 Å². The normalized spacial score (nSPS) is 13.9. The molecule has 1 aliphatic rings. The standard InChI is InChI=1S/C18H17FN4O2S/c19-12-3-5-13(6-4-12)20-17(24)18-22-21-16(26-18)11-23(14-7-8-14)10-15-2-1-9-25-15/h1-6,9,14H,7-8,10-11H2,(H,20,24). The first-order valence-electron chi connectivity index (χ1n) is 8.33. The van der Waals surface area contributed by atoms with Gasteiger partial charge in [0.05, 0.1) is 19.4 Å². The van der Waals surface area contributed by atoms with Crippen LogP contribution in [0.4, 0.5) is 10.1 Å². The Morgan fingerprint density at radius 1 is 1.23 bits per heavy atom. The number of halogens is 1. The molecule has 1 saturated carbocycles. The fourth-order valence-electron chi connectivity index (χ4n) is 2.66. The van der Waals surface area contributed by atoms with E-state index in [1.54, 1.807) is 6.26 Å². The summed E-state index contributed by atoms with van der Waals surface area (Å²) < 4.78 is 18.4. The first-order chi connectivity index (χ1) is 12.7. The Morgan fingerprint density at radius 2 is 2.04 bits per heavy atom. The van der Waals surface area contributed by atoms with E-state index in [-0.39, 0.29) is 16.7 Å². The van der Waals surface area contributed by atoms with E-state index >= 15 is 0 Å². The molecule has 0 radical (unpaired) electrons. The molecule has 8 heteroatoms. The minimum atomic E-state index is -0.349. The van der Waals surface area contributed by atoms with Gasteiger partial charge in [-0.3, -0.25) is 9.69 Å². The van der Waals surface area contributed by atoms with E-state index in [4.69, 9.17) is 4.42 Å². The summed E-state index contributed by atoms with van der Waals surface area (Å²) in [6.45, 7) is 1.35. The first-order valence-corrected chi connectivity index (χ1v) is 9.15. The van der Waals surface area contributed by atoms with Crippen LogP contribution in [0.15, 0.2) is 47.1 Å². The Bertz CT molecular complexity index is 875. The number of amides is 1. The third-order valence-electron chi connectivity index (χ3n) is 4.10. The zero-order valence-corrected chi connectivity index (χ0v) is 14.7. The number of carbonyl (C=O) groups excluding carboxylic acids is 1. The van der Waals surface area contributed by atoms with E-state index in [9.17, 15) is 9.18 Å². The van der Waals surface area contributed by atoms with Gasteiger partial charge < -0.3 is 9.73 Å². The average molecular weight is 372 g/mol. The number of nitrogens with one attached hydrogen (secondary N) is 1. The highest BCUT2D eigenvalue weighted by atomic mass is 32.1. The molecule has 26 heavy (non-hydrogen) atoms. The Labute approximate surface area is 153 Å². The van der Waals surface area contributed by atoms with Crippen LogP contribution >= 0.6 is 11.3 Å². The van der Waals surface area contributed by atoms with Gasteiger partial charge in [0.25, 0.3) is 5.91 Å². The van der Waals surface area contributed by atoms with Gasteiger partial charge in [-0.15, -0.1) is 10.2 Å². The molecule has 1 fully saturated rings. The summed E-state index contributed by atoms with van der Waals surface area (Å²) >= 11 is 1.27. The summed E-state index contributed by atoms with van der Waals surface area (Å²) in [7, 11) is 0. The van der Waals surface area contributed by atoms with E-state index < -0.39 is 0 Å². The van der Waals surface area contributed by atoms with E-state index in [1.165, 1.54) is 35.6 Å². The molecule has 0 aliphatic heterocycles. The van der Waals surface area contributed by atoms with Crippen molar-refractivity contribution in [1.82, 2.24) is 15.1 Å². The molecule has 1 amide bonds. The SMILES string of the molecule is O=C(Nc1ccc(F)cc1)c1nnc(CN(Cc2ccco2)C2CC2)s1. The third-order valence-corrected chi connectivity index (χ3v) is 5.01. The van der Waals surface area contributed by atoms with Crippen molar-refractivity contribution in [3.05, 3.63) is 64.3 Å². The third kappa shape index (κ3) is 4.14. The maximum absolute atomic E-state index is 12.9. The molecule has 3 aromatic rings. The second-order valence-corrected chi connectivity index (χ2v) is 7.24. The van der Waals surface area contributed by atoms with Crippen LogP contribution in [0.25, 0.3) is 0 Å². The van der Waals surface area contributed by atoms with Gasteiger partial charge in [-0.25, -0.2) is 4.39 Å². The molecule has 2 aromatic heterocycles. The zero-order valence-electron chi connectivity index (χ0n) is 13.9. The molecule has 4 rings (SSSR count). The van der Waals surface area contributed by atoms with Crippen molar-refractivity contribution in [2.24, 2.45) is 0 Å². The van der Waals surface area contributed by atoms with Gasteiger partial charge in [-0.05, 0) is 49.2 Å². The number of benzene rings is 1. The predicted octanol–water partition coefficient (Wildman–Crippen LogP) is 3.69. The molecule has 0 bridgehead atoms.